The minimum absolute atomic E-state index is 0.000308. The first-order valence-electron chi connectivity index (χ1n) is 10.0. The van der Waals surface area contributed by atoms with Crippen LogP contribution in [0.1, 0.15) is 30.2 Å². The van der Waals surface area contributed by atoms with Crippen LogP contribution in [0.2, 0.25) is 0 Å². The van der Waals surface area contributed by atoms with Crippen molar-refractivity contribution in [2.24, 2.45) is 4.99 Å². The van der Waals surface area contributed by atoms with Gasteiger partial charge >= 0.3 is 6.18 Å². The third-order valence-corrected chi connectivity index (χ3v) is 5.00. The maximum absolute atomic E-state index is 13.5. The summed E-state index contributed by atoms with van der Waals surface area (Å²) in [5, 5.41) is 2.54. The number of carbonyl (C=O) groups excluding carboxylic acids is 1. The van der Waals surface area contributed by atoms with Crippen molar-refractivity contribution in [2.75, 3.05) is 11.9 Å². The van der Waals surface area contributed by atoms with Crippen LogP contribution in [0, 0.1) is 6.92 Å². The highest BCUT2D eigenvalue weighted by atomic mass is 19.4. The number of alkyl halides is 3. The number of aryl methyl sites for hydroxylation is 1. The van der Waals surface area contributed by atoms with Crippen LogP contribution >= 0.6 is 0 Å². The molecule has 3 aromatic rings. The number of pyridine rings is 1. The van der Waals surface area contributed by atoms with Crippen LogP contribution in [0.3, 0.4) is 0 Å². The van der Waals surface area contributed by atoms with Crippen LogP contribution in [0.15, 0.2) is 59.7 Å². The molecule has 164 valence electrons. The number of hydrogen-bond donors (Lipinski definition) is 1. The average Bonchev–Trinajstić information content (AvgIpc) is 2.91. The molecule has 1 aromatic heterocycles. The highest BCUT2D eigenvalue weighted by Gasteiger charge is 2.36. The van der Waals surface area contributed by atoms with E-state index in [9.17, 15) is 18.0 Å². The molecule has 0 radical (unpaired) electrons. The van der Waals surface area contributed by atoms with Gasteiger partial charge in [-0.05, 0) is 43.2 Å². The Morgan fingerprint density at radius 2 is 1.84 bits per heavy atom. The predicted molar refractivity (Wildman–Crippen MR) is 116 cm³/mol. The first-order chi connectivity index (χ1) is 15.2. The minimum Gasteiger partial charge on any atom is -0.493 e. The third-order valence-electron chi connectivity index (χ3n) is 5.00. The van der Waals surface area contributed by atoms with E-state index >= 15 is 0 Å². The second-order valence-electron chi connectivity index (χ2n) is 7.35. The Morgan fingerprint density at radius 1 is 1.06 bits per heavy atom. The summed E-state index contributed by atoms with van der Waals surface area (Å²) >= 11 is 0. The van der Waals surface area contributed by atoms with E-state index < -0.39 is 17.6 Å². The van der Waals surface area contributed by atoms with Gasteiger partial charge in [-0.15, -0.1) is 0 Å². The molecule has 8 heteroatoms. The van der Waals surface area contributed by atoms with Crippen molar-refractivity contribution in [3.8, 4) is 16.9 Å². The Labute approximate surface area is 183 Å². The molecule has 1 amide bonds. The largest absolute Gasteiger partial charge is 0.493 e. The molecule has 0 saturated heterocycles. The zero-order chi connectivity index (χ0) is 22.9. The zero-order valence-corrected chi connectivity index (χ0v) is 17.5. The average molecular weight is 439 g/mol. The number of fused-ring (bicyclic) bond motifs is 1. The number of aliphatic imine (C=N–C) groups is 1. The summed E-state index contributed by atoms with van der Waals surface area (Å²) in [6, 6.07) is 13.4. The second kappa shape index (κ2) is 8.45. The Morgan fingerprint density at radius 3 is 2.53 bits per heavy atom. The third kappa shape index (κ3) is 4.49. The van der Waals surface area contributed by atoms with Gasteiger partial charge in [0.05, 0.1) is 35.7 Å². The lowest BCUT2D eigenvalue weighted by Gasteiger charge is -2.16. The molecule has 1 aliphatic heterocycles. The maximum atomic E-state index is 13.5. The van der Waals surface area contributed by atoms with Gasteiger partial charge in [0.1, 0.15) is 5.75 Å². The molecule has 1 N–H and O–H groups in total. The van der Waals surface area contributed by atoms with Gasteiger partial charge in [0.2, 0.25) is 5.91 Å². The normalized spacial score (nSPS) is 13.7. The number of rotatable bonds is 4. The molecule has 0 fully saturated rings. The van der Waals surface area contributed by atoms with E-state index in [1.165, 1.54) is 6.07 Å². The van der Waals surface area contributed by atoms with Gasteiger partial charge < -0.3 is 10.1 Å². The summed E-state index contributed by atoms with van der Waals surface area (Å²) in [5.41, 5.74) is 3.11. The van der Waals surface area contributed by atoms with E-state index in [-0.39, 0.29) is 30.2 Å². The van der Waals surface area contributed by atoms with Crippen molar-refractivity contribution in [1.29, 1.82) is 0 Å². The first kappa shape index (κ1) is 21.5. The smallest absolute Gasteiger partial charge is 0.420 e. The number of hydrogen-bond acceptors (Lipinski definition) is 4. The van der Waals surface area contributed by atoms with Crippen molar-refractivity contribution in [1.82, 2.24) is 4.98 Å². The van der Waals surface area contributed by atoms with Crippen molar-refractivity contribution in [2.45, 2.75) is 26.4 Å². The lowest BCUT2D eigenvalue weighted by molar-refractivity contribution is -0.138. The molecule has 1 aliphatic rings. The lowest BCUT2D eigenvalue weighted by atomic mass is 10.0. The molecule has 2 heterocycles. The number of ether oxygens (including phenoxy) is 1. The lowest BCUT2D eigenvalue weighted by Crippen LogP contribution is -2.15. The van der Waals surface area contributed by atoms with E-state index in [0.29, 0.717) is 11.3 Å². The van der Waals surface area contributed by atoms with Crippen molar-refractivity contribution >= 4 is 23.0 Å². The van der Waals surface area contributed by atoms with E-state index in [2.05, 4.69) is 15.3 Å². The van der Waals surface area contributed by atoms with Crippen LogP contribution in [-0.2, 0) is 11.0 Å². The van der Waals surface area contributed by atoms with E-state index in [4.69, 9.17) is 4.74 Å². The Bertz CT molecular complexity index is 1200. The molecule has 4 rings (SSSR count). The molecule has 0 bridgehead atoms. The summed E-state index contributed by atoms with van der Waals surface area (Å²) in [7, 11) is 0. The van der Waals surface area contributed by atoms with Crippen LogP contribution in [0.5, 0.6) is 5.75 Å². The Balaban J connectivity index is 1.80. The molecule has 2 aromatic carbocycles. The fourth-order valence-corrected chi connectivity index (χ4v) is 3.47. The summed E-state index contributed by atoms with van der Waals surface area (Å²) in [4.78, 5) is 21.3. The second-order valence-corrected chi connectivity index (χ2v) is 7.35. The van der Waals surface area contributed by atoms with Crippen molar-refractivity contribution < 1.29 is 22.7 Å². The molecule has 0 spiro atoms. The summed E-state index contributed by atoms with van der Waals surface area (Å²) in [5.74, 6) is -0.764. The topological polar surface area (TPSA) is 63.6 Å². The molecular formula is C24H20F3N3O2. The first-order valence-corrected chi connectivity index (χ1v) is 10.0. The summed E-state index contributed by atoms with van der Waals surface area (Å²) in [6.45, 7) is 3.57. The number of amides is 1. The monoisotopic (exact) mass is 439 g/mol. The van der Waals surface area contributed by atoms with Crippen LogP contribution < -0.4 is 10.1 Å². The Kier molecular flexibility index (Phi) is 5.69. The van der Waals surface area contributed by atoms with E-state index in [1.54, 1.807) is 13.1 Å². The van der Waals surface area contributed by atoms with E-state index in [0.717, 1.165) is 22.9 Å². The van der Waals surface area contributed by atoms with Gasteiger partial charge in [-0.3, -0.25) is 9.78 Å². The highest BCUT2D eigenvalue weighted by Crippen LogP contribution is 2.43. The quantitative estimate of drug-likeness (QED) is 0.547. The van der Waals surface area contributed by atoms with Gasteiger partial charge in [-0.25, -0.2) is 4.99 Å². The van der Waals surface area contributed by atoms with Crippen molar-refractivity contribution in [3.05, 3.63) is 71.5 Å². The fraction of sp³-hybridized carbons (Fsp3) is 0.208. The van der Waals surface area contributed by atoms with Crippen LogP contribution in [0.25, 0.3) is 11.1 Å². The highest BCUT2D eigenvalue weighted by molar-refractivity contribution is 6.17. The van der Waals surface area contributed by atoms with Gasteiger partial charge in [-0.1, -0.05) is 24.3 Å². The zero-order valence-electron chi connectivity index (χ0n) is 17.5. The molecule has 0 atom stereocenters. The maximum Gasteiger partial charge on any atom is 0.420 e. The Hall–Kier alpha value is -3.68. The number of aromatic nitrogens is 1. The SMILES string of the molecule is CCOc1cc2c(cc1C(F)(F)F)NC(=O)CC(c1cccc(-c3ccc(C)nc3)c1)=N2. The molecule has 0 saturated carbocycles. The fourth-order valence-electron chi connectivity index (χ4n) is 3.47. The molecule has 32 heavy (non-hydrogen) atoms. The molecule has 0 aliphatic carbocycles. The number of carbonyl (C=O) groups is 1. The van der Waals surface area contributed by atoms with Crippen LogP contribution in [0.4, 0.5) is 24.5 Å². The van der Waals surface area contributed by atoms with Crippen LogP contribution in [-0.4, -0.2) is 23.2 Å². The molecule has 0 unspecified atom stereocenters. The summed E-state index contributed by atoms with van der Waals surface area (Å²) < 4.78 is 45.7. The number of nitrogens with zero attached hydrogens (tertiary/aromatic N) is 2. The molecule has 5 nitrogen and oxygen atoms in total. The van der Waals surface area contributed by atoms with Crippen molar-refractivity contribution in [3.63, 3.8) is 0 Å². The van der Waals surface area contributed by atoms with Gasteiger partial charge in [0.15, 0.2) is 0 Å². The number of halogens is 3. The standard InChI is InChI=1S/C24H20F3N3O2/c1-3-32-22-11-21-20(10-18(22)24(25,26)27)30-23(31)12-19(29-21)16-6-4-5-15(9-16)17-8-7-14(2)28-13-17/h4-11,13H,3,12H2,1-2H3,(H,30,31). The van der Waals surface area contributed by atoms with Gasteiger partial charge in [0.25, 0.3) is 0 Å². The molecular weight excluding hydrogens is 419 g/mol. The van der Waals surface area contributed by atoms with E-state index in [1.807, 2.05) is 43.3 Å². The number of benzene rings is 2. The number of anilines is 1. The van der Waals surface area contributed by atoms with Gasteiger partial charge in [0, 0.05) is 23.5 Å². The summed E-state index contributed by atoms with van der Waals surface area (Å²) in [6.07, 6.45) is -2.94. The number of nitrogens with one attached hydrogen (secondary N) is 1. The van der Waals surface area contributed by atoms with Gasteiger partial charge in [-0.2, -0.15) is 13.2 Å². The minimum atomic E-state index is -4.63. The predicted octanol–water partition coefficient (Wildman–Crippen LogP) is 5.94.